The van der Waals surface area contributed by atoms with Gasteiger partial charge in [-0.25, -0.2) is 4.98 Å². The molecule has 0 radical (unpaired) electrons. The van der Waals surface area contributed by atoms with Gasteiger partial charge in [-0.1, -0.05) is 31.7 Å². The molecule has 7 heteroatoms. The molecule has 2 aromatic rings. The molecule has 2 aromatic heterocycles. The van der Waals surface area contributed by atoms with Gasteiger partial charge in [-0.05, 0) is 36.6 Å². The van der Waals surface area contributed by atoms with E-state index in [1.165, 1.54) is 0 Å². The summed E-state index contributed by atoms with van der Waals surface area (Å²) in [4.78, 5) is 34.4. The number of hydrogen-bond acceptors (Lipinski definition) is 6. The van der Waals surface area contributed by atoms with Crippen molar-refractivity contribution in [3.8, 4) is 0 Å². The highest BCUT2D eigenvalue weighted by Gasteiger charge is 2.38. The third-order valence-corrected chi connectivity index (χ3v) is 6.84. The molecular weight excluding hydrogens is 378 g/mol. The smallest absolute Gasteiger partial charge is 0.257 e. The van der Waals surface area contributed by atoms with E-state index in [1.807, 2.05) is 17.5 Å². The molecule has 2 N–H and O–H groups in total. The van der Waals surface area contributed by atoms with E-state index in [2.05, 4.69) is 24.1 Å². The van der Waals surface area contributed by atoms with Crippen LogP contribution in [0.2, 0.25) is 0 Å². The lowest BCUT2D eigenvalue weighted by Gasteiger charge is -2.32. The molecule has 2 aliphatic rings. The first-order valence-electron chi connectivity index (χ1n) is 9.38. The average Bonchev–Trinajstić information content (AvgIpc) is 3.14. The van der Waals surface area contributed by atoms with Crippen molar-refractivity contribution in [3.63, 3.8) is 0 Å². The molecule has 0 unspecified atom stereocenters. The van der Waals surface area contributed by atoms with Gasteiger partial charge in [0.2, 0.25) is 0 Å². The van der Waals surface area contributed by atoms with E-state index in [0.717, 1.165) is 41.2 Å². The molecule has 0 fully saturated rings. The average molecular weight is 402 g/mol. The number of anilines is 1. The molecule has 5 nitrogen and oxygen atoms in total. The van der Waals surface area contributed by atoms with E-state index in [-0.39, 0.29) is 17.3 Å². The minimum atomic E-state index is -0.310. The van der Waals surface area contributed by atoms with Crippen LogP contribution in [0.4, 0.5) is 5.82 Å². The van der Waals surface area contributed by atoms with Gasteiger partial charge in [0, 0.05) is 28.3 Å². The zero-order chi connectivity index (χ0) is 19.0. The van der Waals surface area contributed by atoms with Gasteiger partial charge in [0.25, 0.3) is 5.56 Å². The van der Waals surface area contributed by atoms with Gasteiger partial charge in [-0.3, -0.25) is 9.59 Å². The Morgan fingerprint density at radius 1 is 1.33 bits per heavy atom. The van der Waals surface area contributed by atoms with Crippen LogP contribution in [-0.2, 0) is 4.79 Å². The number of fused-ring (bicyclic) bond motifs is 1. The Labute approximate surface area is 166 Å². The number of nitrogens with zero attached hydrogens (tertiary/aromatic N) is 1. The summed E-state index contributed by atoms with van der Waals surface area (Å²) in [6.07, 6.45) is 3.29. The number of nitrogens with one attached hydrogen (secondary N) is 2. The maximum Gasteiger partial charge on any atom is 0.257 e. The Hall–Kier alpha value is -1.86. The Morgan fingerprint density at radius 3 is 2.93 bits per heavy atom. The maximum absolute atomic E-state index is 13.0. The number of H-pyrrole nitrogens is 1. The molecule has 0 spiro atoms. The van der Waals surface area contributed by atoms with Gasteiger partial charge in [0.15, 0.2) is 10.9 Å². The topological polar surface area (TPSA) is 74.8 Å². The lowest BCUT2D eigenvalue weighted by atomic mass is 9.79. The number of aromatic nitrogens is 2. The van der Waals surface area contributed by atoms with E-state index in [0.29, 0.717) is 28.9 Å². The van der Waals surface area contributed by atoms with Crippen LogP contribution in [0.5, 0.6) is 0 Å². The summed E-state index contributed by atoms with van der Waals surface area (Å²) in [6, 6.07) is 3.97. The van der Waals surface area contributed by atoms with Crippen LogP contribution < -0.4 is 10.9 Å². The molecule has 1 aliphatic heterocycles. The highest BCUT2D eigenvalue weighted by atomic mass is 32.2. The van der Waals surface area contributed by atoms with Crippen LogP contribution in [0.15, 0.2) is 38.7 Å². The second-order valence-corrected chi connectivity index (χ2v) is 9.47. The Morgan fingerprint density at radius 2 is 2.19 bits per heavy atom. The van der Waals surface area contributed by atoms with Gasteiger partial charge < -0.3 is 10.3 Å². The summed E-state index contributed by atoms with van der Waals surface area (Å²) < 4.78 is 0. The number of hydrogen-bond donors (Lipinski definition) is 2. The Balaban J connectivity index is 1.77. The molecular formula is C20H23N3O2S2. The van der Waals surface area contributed by atoms with E-state index in [1.54, 1.807) is 23.1 Å². The van der Waals surface area contributed by atoms with Crippen LogP contribution in [0.1, 0.15) is 55.9 Å². The molecule has 0 saturated carbocycles. The SMILES string of the molecule is CC(C)CCSc1nc2c(c(=O)[nH]1)[C@H](c1cccs1)C1=C(CCCC1=O)N2. The second-order valence-electron chi connectivity index (χ2n) is 7.41. The van der Waals surface area contributed by atoms with E-state index in [9.17, 15) is 9.59 Å². The third kappa shape index (κ3) is 3.62. The molecule has 0 aromatic carbocycles. The van der Waals surface area contributed by atoms with E-state index < -0.39 is 0 Å². The molecule has 1 aliphatic carbocycles. The standard InChI is InChI=1S/C20H23N3O2S2/c1-11(2)8-10-27-20-22-18-17(19(25)23-20)16(14-7-4-9-26-14)15-12(21-18)5-3-6-13(15)24/h4,7,9,11,16H,3,5-6,8,10H2,1-2H3,(H2,21,22,23,25)/t16-/m1/s1. The zero-order valence-electron chi connectivity index (χ0n) is 15.5. The van der Waals surface area contributed by atoms with Crippen LogP contribution in [-0.4, -0.2) is 21.5 Å². The molecule has 0 bridgehead atoms. The van der Waals surface area contributed by atoms with Crippen LogP contribution in [0.3, 0.4) is 0 Å². The van der Waals surface area contributed by atoms with Crippen molar-refractivity contribution in [2.75, 3.05) is 11.1 Å². The summed E-state index contributed by atoms with van der Waals surface area (Å²) in [5.74, 6) is 1.97. The van der Waals surface area contributed by atoms with E-state index in [4.69, 9.17) is 4.98 Å². The van der Waals surface area contributed by atoms with Crippen LogP contribution >= 0.6 is 23.1 Å². The Bertz CT molecular complexity index is 945. The summed E-state index contributed by atoms with van der Waals surface area (Å²) in [6.45, 7) is 4.37. The van der Waals surface area contributed by atoms with Crippen LogP contribution in [0.25, 0.3) is 0 Å². The summed E-state index contributed by atoms with van der Waals surface area (Å²) in [7, 11) is 0. The van der Waals surface area contributed by atoms with Crippen molar-refractivity contribution in [3.05, 3.63) is 49.6 Å². The predicted octanol–water partition coefficient (Wildman–Crippen LogP) is 4.53. The van der Waals surface area contributed by atoms with Crippen molar-refractivity contribution in [1.82, 2.24) is 9.97 Å². The summed E-state index contributed by atoms with van der Waals surface area (Å²) in [5.41, 5.74) is 2.11. The fraction of sp³-hybridized carbons (Fsp3) is 0.450. The quantitative estimate of drug-likeness (QED) is 0.568. The number of carbonyl (C=O) groups excluding carboxylic acids is 1. The molecule has 142 valence electrons. The molecule has 0 amide bonds. The lowest BCUT2D eigenvalue weighted by Crippen LogP contribution is -2.32. The van der Waals surface area contributed by atoms with Crippen molar-refractivity contribution in [1.29, 1.82) is 0 Å². The van der Waals surface area contributed by atoms with Crippen molar-refractivity contribution < 1.29 is 4.79 Å². The monoisotopic (exact) mass is 401 g/mol. The molecule has 4 rings (SSSR count). The number of ketones is 1. The van der Waals surface area contributed by atoms with Crippen LogP contribution in [0, 0.1) is 5.92 Å². The maximum atomic E-state index is 13.0. The summed E-state index contributed by atoms with van der Waals surface area (Å²) >= 11 is 3.16. The van der Waals surface area contributed by atoms with Gasteiger partial charge in [-0.2, -0.15) is 0 Å². The highest BCUT2D eigenvalue weighted by molar-refractivity contribution is 7.99. The lowest BCUT2D eigenvalue weighted by molar-refractivity contribution is -0.116. The largest absolute Gasteiger partial charge is 0.343 e. The number of allylic oxidation sites excluding steroid dienone is 2. The van der Waals surface area contributed by atoms with Gasteiger partial charge >= 0.3 is 0 Å². The van der Waals surface area contributed by atoms with Gasteiger partial charge in [-0.15, -0.1) is 11.3 Å². The first-order valence-corrected chi connectivity index (χ1v) is 11.2. The first kappa shape index (κ1) is 18.5. The van der Waals surface area contributed by atoms with E-state index >= 15 is 0 Å². The number of aromatic amines is 1. The Kier molecular flexibility index (Phi) is 5.23. The van der Waals surface area contributed by atoms with Crippen molar-refractivity contribution in [2.45, 2.75) is 50.6 Å². The molecule has 3 heterocycles. The zero-order valence-corrected chi connectivity index (χ0v) is 17.1. The van der Waals surface area contributed by atoms with Crippen molar-refractivity contribution >= 4 is 34.7 Å². The van der Waals surface area contributed by atoms with Gasteiger partial charge in [0.1, 0.15) is 5.82 Å². The predicted molar refractivity (Wildman–Crippen MR) is 111 cm³/mol. The normalized spacial score (nSPS) is 19.1. The minimum absolute atomic E-state index is 0.141. The second kappa shape index (κ2) is 7.64. The third-order valence-electron chi connectivity index (χ3n) is 5.00. The minimum Gasteiger partial charge on any atom is -0.343 e. The highest BCUT2D eigenvalue weighted by Crippen LogP contribution is 2.44. The van der Waals surface area contributed by atoms with Gasteiger partial charge in [0.05, 0.1) is 11.5 Å². The number of thioether (sulfide) groups is 1. The number of thiophene rings is 1. The number of Topliss-reactive ketones (excluding diaryl/α,β-unsaturated/α-hetero) is 1. The fourth-order valence-electron chi connectivity index (χ4n) is 3.64. The molecule has 1 atom stereocenters. The summed E-state index contributed by atoms with van der Waals surface area (Å²) in [5, 5.41) is 5.95. The fourth-order valence-corrected chi connectivity index (χ4v) is 5.59. The first-order chi connectivity index (χ1) is 13.0. The molecule has 0 saturated heterocycles. The number of rotatable bonds is 5. The van der Waals surface area contributed by atoms with Crippen molar-refractivity contribution in [2.24, 2.45) is 5.92 Å². The molecule has 27 heavy (non-hydrogen) atoms. The number of carbonyl (C=O) groups is 1.